The van der Waals surface area contributed by atoms with Crippen LogP contribution in [0.25, 0.3) is 10.9 Å². The second-order valence-electron chi connectivity index (χ2n) is 4.60. The van der Waals surface area contributed by atoms with E-state index in [4.69, 9.17) is 11.1 Å². The molecule has 0 aliphatic rings. The van der Waals surface area contributed by atoms with Crippen LogP contribution in [0.3, 0.4) is 0 Å². The van der Waals surface area contributed by atoms with Crippen molar-refractivity contribution in [1.29, 1.82) is 5.41 Å². The molecule has 0 saturated carbocycles. The average Bonchev–Trinajstić information content (AvgIpc) is 2.37. The normalized spacial score (nSPS) is 12.3. The summed E-state index contributed by atoms with van der Waals surface area (Å²) < 4.78 is 0. The molecule has 0 saturated heterocycles. The van der Waals surface area contributed by atoms with E-state index in [0.29, 0.717) is 6.54 Å². The van der Waals surface area contributed by atoms with Crippen LogP contribution >= 0.6 is 0 Å². The fraction of sp³-hybridized carbons (Fsp3) is 0.286. The summed E-state index contributed by atoms with van der Waals surface area (Å²) in [6.45, 7) is 2.64. The summed E-state index contributed by atoms with van der Waals surface area (Å²) in [6.07, 6.45) is 0. The highest BCUT2D eigenvalue weighted by molar-refractivity contribution is 5.81. The van der Waals surface area contributed by atoms with Gasteiger partial charge >= 0.3 is 0 Å². The van der Waals surface area contributed by atoms with E-state index in [0.717, 1.165) is 16.7 Å². The highest BCUT2D eigenvalue weighted by Crippen LogP contribution is 2.17. The van der Waals surface area contributed by atoms with Crippen LogP contribution in [0.2, 0.25) is 0 Å². The molecular formula is C14H18N4. The van der Waals surface area contributed by atoms with E-state index in [1.54, 1.807) is 0 Å². The highest BCUT2D eigenvalue weighted by atomic mass is 15.2. The Balaban J connectivity index is 2.22. The summed E-state index contributed by atoms with van der Waals surface area (Å²) in [5.74, 6) is 1.15. The van der Waals surface area contributed by atoms with Gasteiger partial charge in [-0.1, -0.05) is 25.1 Å². The zero-order chi connectivity index (χ0) is 13.1. The van der Waals surface area contributed by atoms with Crippen LogP contribution in [-0.2, 0) is 0 Å². The molecule has 1 heterocycles. The standard InChI is InChI=1S/C14H18N4/c1-10(14(15)16)9-18(2)13-8-7-11-5-3-4-6-12(11)17-13/h3-8,10H,9H2,1-2H3,(H3,15,16). The first-order chi connectivity index (χ1) is 8.58. The fourth-order valence-electron chi connectivity index (χ4n) is 1.87. The third-order valence-electron chi connectivity index (χ3n) is 3.05. The SMILES string of the molecule is CC(CN(C)c1ccc2ccccc2n1)C(=N)N. The lowest BCUT2D eigenvalue weighted by Crippen LogP contribution is -2.32. The summed E-state index contributed by atoms with van der Waals surface area (Å²) >= 11 is 0. The second kappa shape index (κ2) is 5.04. The van der Waals surface area contributed by atoms with Crippen LogP contribution in [-0.4, -0.2) is 24.4 Å². The number of hydrogen-bond acceptors (Lipinski definition) is 3. The fourth-order valence-corrected chi connectivity index (χ4v) is 1.87. The van der Waals surface area contributed by atoms with E-state index in [1.807, 2.05) is 49.2 Å². The number of benzene rings is 1. The average molecular weight is 242 g/mol. The maximum Gasteiger partial charge on any atom is 0.129 e. The molecule has 3 N–H and O–H groups in total. The third-order valence-corrected chi connectivity index (χ3v) is 3.05. The largest absolute Gasteiger partial charge is 0.387 e. The zero-order valence-electron chi connectivity index (χ0n) is 10.7. The Bertz CT molecular complexity index is 564. The molecule has 0 aliphatic heterocycles. The van der Waals surface area contributed by atoms with Crippen molar-refractivity contribution in [2.75, 3.05) is 18.5 Å². The lowest BCUT2D eigenvalue weighted by atomic mass is 10.1. The van der Waals surface area contributed by atoms with Gasteiger partial charge in [0, 0.05) is 24.9 Å². The second-order valence-corrected chi connectivity index (χ2v) is 4.60. The van der Waals surface area contributed by atoms with Crippen molar-refractivity contribution in [1.82, 2.24) is 4.98 Å². The maximum absolute atomic E-state index is 7.42. The monoisotopic (exact) mass is 242 g/mol. The van der Waals surface area contributed by atoms with E-state index < -0.39 is 0 Å². The van der Waals surface area contributed by atoms with Crippen LogP contribution < -0.4 is 10.6 Å². The molecule has 2 rings (SSSR count). The van der Waals surface area contributed by atoms with Crippen LogP contribution in [0, 0.1) is 11.3 Å². The molecule has 0 bridgehead atoms. The third kappa shape index (κ3) is 2.59. The van der Waals surface area contributed by atoms with E-state index >= 15 is 0 Å². The van der Waals surface area contributed by atoms with E-state index in [2.05, 4.69) is 11.1 Å². The Morgan fingerprint density at radius 1 is 1.33 bits per heavy atom. The molecule has 18 heavy (non-hydrogen) atoms. The van der Waals surface area contributed by atoms with Crippen molar-refractivity contribution in [2.45, 2.75) is 6.92 Å². The van der Waals surface area contributed by atoms with Crippen molar-refractivity contribution in [2.24, 2.45) is 11.7 Å². The first-order valence-corrected chi connectivity index (χ1v) is 5.99. The number of aromatic nitrogens is 1. The zero-order valence-corrected chi connectivity index (χ0v) is 10.7. The molecule has 4 heteroatoms. The molecule has 1 aromatic carbocycles. The van der Waals surface area contributed by atoms with Gasteiger partial charge in [-0.3, -0.25) is 5.41 Å². The Morgan fingerprint density at radius 3 is 2.78 bits per heavy atom. The van der Waals surface area contributed by atoms with E-state index in [9.17, 15) is 0 Å². The van der Waals surface area contributed by atoms with Crippen molar-refractivity contribution >= 4 is 22.6 Å². The summed E-state index contributed by atoms with van der Waals surface area (Å²) in [6, 6.07) is 12.1. The molecule has 0 spiro atoms. The number of para-hydroxylation sites is 1. The number of nitrogens with two attached hydrogens (primary N) is 1. The van der Waals surface area contributed by atoms with Gasteiger partial charge in [-0.05, 0) is 18.2 Å². The van der Waals surface area contributed by atoms with E-state index in [1.165, 1.54) is 0 Å². The minimum absolute atomic E-state index is 0.0308. The molecule has 0 fully saturated rings. The van der Waals surface area contributed by atoms with Crippen LogP contribution in [0.4, 0.5) is 5.82 Å². The van der Waals surface area contributed by atoms with Gasteiger partial charge < -0.3 is 10.6 Å². The first kappa shape index (κ1) is 12.4. The molecule has 0 amide bonds. The van der Waals surface area contributed by atoms with Gasteiger partial charge in [0.15, 0.2) is 0 Å². The van der Waals surface area contributed by atoms with Crippen molar-refractivity contribution in [3.8, 4) is 0 Å². The predicted octanol–water partition coefficient (Wildman–Crippen LogP) is 2.24. The molecule has 0 aliphatic carbocycles. The summed E-state index contributed by atoms with van der Waals surface area (Å²) in [7, 11) is 1.97. The molecule has 0 radical (unpaired) electrons. The smallest absolute Gasteiger partial charge is 0.129 e. The van der Waals surface area contributed by atoms with Crippen molar-refractivity contribution in [3.05, 3.63) is 36.4 Å². The summed E-state index contributed by atoms with van der Waals surface area (Å²) in [5, 5.41) is 8.55. The summed E-state index contributed by atoms with van der Waals surface area (Å²) in [4.78, 5) is 6.63. The molecule has 4 nitrogen and oxygen atoms in total. The van der Waals surface area contributed by atoms with Crippen LogP contribution in [0.5, 0.6) is 0 Å². The van der Waals surface area contributed by atoms with Crippen molar-refractivity contribution in [3.63, 3.8) is 0 Å². The number of fused-ring (bicyclic) bond motifs is 1. The van der Waals surface area contributed by atoms with Gasteiger partial charge in [0.05, 0.1) is 11.4 Å². The van der Waals surface area contributed by atoms with Crippen molar-refractivity contribution < 1.29 is 0 Å². The number of anilines is 1. The molecule has 1 unspecified atom stereocenters. The Kier molecular flexibility index (Phi) is 3.46. The van der Waals surface area contributed by atoms with Gasteiger partial charge in [-0.2, -0.15) is 0 Å². The Labute approximate surface area is 107 Å². The molecule has 2 aromatic rings. The number of hydrogen-bond donors (Lipinski definition) is 2. The van der Waals surface area contributed by atoms with Gasteiger partial charge in [0.2, 0.25) is 0 Å². The number of nitrogens with zero attached hydrogens (tertiary/aromatic N) is 2. The number of nitrogens with one attached hydrogen (secondary N) is 1. The molecular weight excluding hydrogens is 224 g/mol. The topological polar surface area (TPSA) is 66.0 Å². The van der Waals surface area contributed by atoms with Gasteiger partial charge in [-0.15, -0.1) is 0 Å². The quantitative estimate of drug-likeness (QED) is 0.638. The van der Waals surface area contributed by atoms with E-state index in [-0.39, 0.29) is 11.8 Å². The van der Waals surface area contributed by atoms with Gasteiger partial charge in [-0.25, -0.2) is 4.98 Å². The predicted molar refractivity (Wildman–Crippen MR) is 76.1 cm³/mol. The van der Waals surface area contributed by atoms with Crippen LogP contribution in [0.15, 0.2) is 36.4 Å². The van der Waals surface area contributed by atoms with Gasteiger partial charge in [0.25, 0.3) is 0 Å². The molecule has 1 atom stereocenters. The maximum atomic E-state index is 7.42. The summed E-state index contributed by atoms with van der Waals surface area (Å²) in [5.41, 5.74) is 6.47. The first-order valence-electron chi connectivity index (χ1n) is 5.99. The van der Waals surface area contributed by atoms with Crippen LogP contribution in [0.1, 0.15) is 6.92 Å². The van der Waals surface area contributed by atoms with Gasteiger partial charge in [0.1, 0.15) is 5.82 Å². The number of pyridine rings is 1. The lowest BCUT2D eigenvalue weighted by Gasteiger charge is -2.22. The molecule has 94 valence electrons. The minimum Gasteiger partial charge on any atom is -0.387 e. The molecule has 1 aromatic heterocycles. The number of rotatable bonds is 4. The highest BCUT2D eigenvalue weighted by Gasteiger charge is 2.10. The Hall–Kier alpha value is -2.10. The Morgan fingerprint density at radius 2 is 2.06 bits per heavy atom. The lowest BCUT2D eigenvalue weighted by molar-refractivity contribution is 0.724. The minimum atomic E-state index is 0.0308. The number of amidine groups is 1.